The van der Waals surface area contributed by atoms with Gasteiger partial charge < -0.3 is 11.1 Å². The first-order chi connectivity index (χ1) is 8.19. The van der Waals surface area contributed by atoms with Gasteiger partial charge in [-0.25, -0.2) is 0 Å². The second kappa shape index (κ2) is 6.11. The summed E-state index contributed by atoms with van der Waals surface area (Å²) in [6.45, 7) is 3.73. The van der Waals surface area contributed by atoms with Crippen molar-refractivity contribution in [2.24, 2.45) is 5.73 Å². The molecule has 0 aliphatic heterocycles. The molecule has 3 nitrogen and oxygen atoms in total. The zero-order valence-corrected chi connectivity index (χ0v) is 12.5. The van der Waals surface area contributed by atoms with Crippen molar-refractivity contribution in [1.82, 2.24) is 0 Å². The number of anilines is 1. The summed E-state index contributed by atoms with van der Waals surface area (Å²) in [4.78, 5) is 11.7. The van der Waals surface area contributed by atoms with Gasteiger partial charge in [0.1, 0.15) is 0 Å². The van der Waals surface area contributed by atoms with Crippen LogP contribution in [0.4, 0.5) is 5.69 Å². The smallest absolute Gasteiger partial charge is 0.224 e. The molecule has 0 aromatic heterocycles. The highest BCUT2D eigenvalue weighted by atomic mass is 35.5. The molecule has 0 radical (unpaired) electrons. The summed E-state index contributed by atoms with van der Waals surface area (Å²) in [5.41, 5.74) is 5.80. The number of benzene rings is 1. The highest BCUT2D eigenvalue weighted by Gasteiger charge is 2.15. The Bertz CT molecular complexity index is 432. The van der Waals surface area contributed by atoms with Crippen LogP contribution < -0.4 is 11.1 Å². The van der Waals surface area contributed by atoms with E-state index in [9.17, 15) is 4.79 Å². The molecule has 18 heavy (non-hydrogen) atoms. The van der Waals surface area contributed by atoms with E-state index in [4.69, 9.17) is 40.5 Å². The van der Waals surface area contributed by atoms with E-state index in [2.05, 4.69) is 5.32 Å². The Morgan fingerprint density at radius 3 is 2.22 bits per heavy atom. The molecular weight excluding hydrogens is 295 g/mol. The molecule has 1 aromatic carbocycles. The second-order valence-corrected chi connectivity index (χ2v) is 6.03. The van der Waals surface area contributed by atoms with E-state index in [1.165, 1.54) is 12.1 Å². The van der Waals surface area contributed by atoms with Gasteiger partial charge in [-0.2, -0.15) is 0 Å². The van der Waals surface area contributed by atoms with Crippen LogP contribution in [0.1, 0.15) is 26.7 Å². The van der Waals surface area contributed by atoms with Crippen molar-refractivity contribution in [2.75, 3.05) is 5.32 Å². The van der Waals surface area contributed by atoms with Crippen LogP contribution in [0.3, 0.4) is 0 Å². The summed E-state index contributed by atoms with van der Waals surface area (Å²) in [5.74, 6) is -0.181. The normalized spacial score (nSPS) is 11.4. The van der Waals surface area contributed by atoms with Crippen LogP contribution >= 0.6 is 34.8 Å². The van der Waals surface area contributed by atoms with E-state index in [0.29, 0.717) is 33.6 Å². The van der Waals surface area contributed by atoms with Gasteiger partial charge in [-0.15, -0.1) is 0 Å². The third-order valence-corrected chi connectivity index (χ3v) is 3.08. The lowest BCUT2D eigenvalue weighted by Gasteiger charge is -2.18. The van der Waals surface area contributed by atoms with Crippen molar-refractivity contribution in [2.45, 2.75) is 32.2 Å². The Balaban J connectivity index is 2.71. The maximum atomic E-state index is 11.7. The number of hydrogen-bond donors (Lipinski definition) is 2. The van der Waals surface area contributed by atoms with Gasteiger partial charge in [0.05, 0.1) is 15.7 Å². The molecule has 1 amide bonds. The van der Waals surface area contributed by atoms with E-state index in [1.54, 1.807) is 0 Å². The first-order valence-corrected chi connectivity index (χ1v) is 6.56. The molecule has 0 aliphatic carbocycles. The van der Waals surface area contributed by atoms with Gasteiger partial charge in [-0.1, -0.05) is 34.8 Å². The van der Waals surface area contributed by atoms with Crippen LogP contribution in [0, 0.1) is 0 Å². The number of nitrogens with one attached hydrogen (secondary N) is 1. The second-order valence-electron chi connectivity index (χ2n) is 4.78. The van der Waals surface area contributed by atoms with Crippen molar-refractivity contribution in [3.05, 3.63) is 27.2 Å². The maximum Gasteiger partial charge on any atom is 0.224 e. The molecule has 0 spiro atoms. The average molecular weight is 310 g/mol. The van der Waals surface area contributed by atoms with E-state index in [1.807, 2.05) is 13.8 Å². The molecule has 0 aliphatic rings. The SMILES string of the molecule is CC(C)(N)CCC(=O)Nc1c(Cl)cc(Cl)cc1Cl. The van der Waals surface area contributed by atoms with Gasteiger partial charge >= 0.3 is 0 Å². The summed E-state index contributed by atoms with van der Waals surface area (Å²) in [6.07, 6.45) is 0.875. The van der Waals surface area contributed by atoms with Gasteiger partial charge in [-0.05, 0) is 32.4 Å². The Kier molecular flexibility index (Phi) is 5.29. The number of amides is 1. The summed E-state index contributed by atoms with van der Waals surface area (Å²) in [5, 5.41) is 3.71. The van der Waals surface area contributed by atoms with E-state index in [-0.39, 0.29) is 11.4 Å². The molecule has 0 fully saturated rings. The van der Waals surface area contributed by atoms with Gasteiger partial charge in [0.2, 0.25) is 5.91 Å². The monoisotopic (exact) mass is 308 g/mol. The molecule has 0 saturated heterocycles. The third kappa shape index (κ3) is 5.02. The van der Waals surface area contributed by atoms with Gasteiger partial charge in [0, 0.05) is 17.0 Å². The lowest BCUT2D eigenvalue weighted by atomic mass is 10.00. The molecule has 1 aromatic rings. The van der Waals surface area contributed by atoms with Crippen LogP contribution in [0.5, 0.6) is 0 Å². The molecule has 0 bridgehead atoms. The third-order valence-electron chi connectivity index (χ3n) is 2.27. The lowest BCUT2D eigenvalue weighted by molar-refractivity contribution is -0.116. The van der Waals surface area contributed by atoms with Gasteiger partial charge in [-0.3, -0.25) is 4.79 Å². The highest BCUT2D eigenvalue weighted by molar-refractivity contribution is 6.42. The zero-order chi connectivity index (χ0) is 13.9. The van der Waals surface area contributed by atoms with Crippen LogP contribution in [0.25, 0.3) is 0 Å². The standard InChI is InChI=1S/C12H15Cl3N2O/c1-12(2,16)4-3-10(18)17-11-8(14)5-7(13)6-9(11)15/h5-6H,3-4,16H2,1-2H3,(H,17,18). The minimum Gasteiger partial charge on any atom is -0.326 e. The molecule has 0 heterocycles. The summed E-state index contributed by atoms with van der Waals surface area (Å²) in [6, 6.07) is 3.05. The lowest BCUT2D eigenvalue weighted by Crippen LogP contribution is -2.33. The van der Waals surface area contributed by atoms with E-state index in [0.717, 1.165) is 0 Å². The fraction of sp³-hybridized carbons (Fsp3) is 0.417. The Hall–Kier alpha value is -0.480. The summed E-state index contributed by atoms with van der Waals surface area (Å²) >= 11 is 17.7. The predicted molar refractivity (Wildman–Crippen MR) is 77.6 cm³/mol. The largest absolute Gasteiger partial charge is 0.326 e. The highest BCUT2D eigenvalue weighted by Crippen LogP contribution is 2.33. The van der Waals surface area contributed by atoms with Crippen molar-refractivity contribution in [3.8, 4) is 0 Å². The Morgan fingerprint density at radius 2 is 1.78 bits per heavy atom. The number of carbonyl (C=O) groups is 1. The van der Waals surface area contributed by atoms with Crippen LogP contribution in [0.2, 0.25) is 15.1 Å². The molecule has 100 valence electrons. The summed E-state index contributed by atoms with van der Waals surface area (Å²) in [7, 11) is 0. The maximum absolute atomic E-state index is 11.7. The fourth-order valence-corrected chi connectivity index (χ4v) is 2.21. The molecule has 0 unspecified atom stereocenters. The molecule has 0 atom stereocenters. The number of rotatable bonds is 4. The van der Waals surface area contributed by atoms with Crippen molar-refractivity contribution in [3.63, 3.8) is 0 Å². The summed E-state index contributed by atoms with van der Waals surface area (Å²) < 4.78 is 0. The predicted octanol–water partition coefficient (Wildman–Crippen LogP) is 4.10. The van der Waals surface area contributed by atoms with Crippen LogP contribution in [-0.2, 0) is 4.79 Å². The number of hydrogen-bond acceptors (Lipinski definition) is 2. The fourth-order valence-electron chi connectivity index (χ4n) is 1.30. The van der Waals surface area contributed by atoms with Crippen LogP contribution in [-0.4, -0.2) is 11.4 Å². The first kappa shape index (κ1) is 15.6. The Labute approximate surface area is 122 Å². The quantitative estimate of drug-likeness (QED) is 0.879. The molecule has 6 heteroatoms. The van der Waals surface area contributed by atoms with Gasteiger partial charge in [0.15, 0.2) is 0 Å². The topological polar surface area (TPSA) is 55.1 Å². The number of carbonyl (C=O) groups excluding carboxylic acids is 1. The average Bonchev–Trinajstić information content (AvgIpc) is 2.19. The van der Waals surface area contributed by atoms with Crippen LogP contribution in [0.15, 0.2) is 12.1 Å². The van der Waals surface area contributed by atoms with Crippen molar-refractivity contribution in [1.29, 1.82) is 0 Å². The number of halogens is 3. The van der Waals surface area contributed by atoms with Gasteiger partial charge in [0.25, 0.3) is 0 Å². The molecular formula is C12H15Cl3N2O. The Morgan fingerprint density at radius 1 is 1.28 bits per heavy atom. The molecule has 3 N–H and O–H groups in total. The zero-order valence-electron chi connectivity index (χ0n) is 10.2. The van der Waals surface area contributed by atoms with Crippen molar-refractivity contribution >= 4 is 46.4 Å². The van der Waals surface area contributed by atoms with Crippen molar-refractivity contribution < 1.29 is 4.79 Å². The first-order valence-electron chi connectivity index (χ1n) is 5.42. The number of nitrogens with two attached hydrogens (primary N) is 1. The minimum atomic E-state index is -0.384. The minimum absolute atomic E-state index is 0.181. The van der Waals surface area contributed by atoms with E-state index < -0.39 is 0 Å². The van der Waals surface area contributed by atoms with E-state index >= 15 is 0 Å². The molecule has 1 rings (SSSR count). The molecule has 0 saturated carbocycles.